The molecule has 0 amide bonds. The molecule has 0 saturated heterocycles. The third-order valence-corrected chi connectivity index (χ3v) is 4.65. The van der Waals surface area contributed by atoms with Crippen LogP contribution in [0.4, 0.5) is 0 Å². The highest BCUT2D eigenvalue weighted by Gasteiger charge is 2.38. The molecule has 0 bridgehead atoms. The summed E-state index contributed by atoms with van der Waals surface area (Å²) in [5, 5.41) is 7.02. The Morgan fingerprint density at radius 2 is 1.93 bits per heavy atom. The van der Waals surface area contributed by atoms with Crippen LogP contribution in [0, 0.1) is 0 Å². The fourth-order valence-electron chi connectivity index (χ4n) is 3.15. The number of azide groups is 1. The monoisotopic (exact) mass is 434 g/mol. The summed E-state index contributed by atoms with van der Waals surface area (Å²) < 4.78 is 15.8. The van der Waals surface area contributed by atoms with Gasteiger partial charge in [-0.15, -0.1) is 0 Å². The van der Waals surface area contributed by atoms with Crippen LogP contribution >= 0.6 is 11.6 Å². The maximum Gasteiger partial charge on any atom is 0.336 e. The quantitative estimate of drug-likeness (QED) is 0.208. The fraction of sp³-hybridized carbons (Fsp3) is 0.400. The number of benzene rings is 1. The summed E-state index contributed by atoms with van der Waals surface area (Å²) in [6, 6.07) is 6.85. The number of nitrogens with one attached hydrogen (secondary N) is 1. The predicted molar refractivity (Wildman–Crippen MR) is 111 cm³/mol. The summed E-state index contributed by atoms with van der Waals surface area (Å²) in [4.78, 5) is 28.2. The largest absolute Gasteiger partial charge is 0.466 e. The predicted octanol–water partition coefficient (Wildman–Crippen LogP) is 3.62. The van der Waals surface area contributed by atoms with Gasteiger partial charge < -0.3 is 19.5 Å². The first-order valence-corrected chi connectivity index (χ1v) is 9.62. The van der Waals surface area contributed by atoms with Crippen LogP contribution in [0.25, 0.3) is 10.4 Å². The second-order valence-corrected chi connectivity index (χ2v) is 6.70. The zero-order chi connectivity index (χ0) is 22.1. The van der Waals surface area contributed by atoms with Crippen LogP contribution in [0.1, 0.15) is 25.3 Å². The van der Waals surface area contributed by atoms with Gasteiger partial charge in [0.05, 0.1) is 49.7 Å². The van der Waals surface area contributed by atoms with Gasteiger partial charge in [-0.3, -0.25) is 0 Å². The average molecular weight is 435 g/mol. The number of methoxy groups -OCH3 is 1. The van der Waals surface area contributed by atoms with Crippen molar-refractivity contribution < 1.29 is 23.8 Å². The Labute approximate surface area is 179 Å². The number of allylic oxidation sites excluding steroid dienone is 1. The van der Waals surface area contributed by atoms with Gasteiger partial charge in [0.15, 0.2) is 0 Å². The van der Waals surface area contributed by atoms with E-state index in [1.165, 1.54) is 7.11 Å². The molecule has 9 nitrogen and oxygen atoms in total. The zero-order valence-corrected chi connectivity index (χ0v) is 17.7. The van der Waals surface area contributed by atoms with Gasteiger partial charge in [0, 0.05) is 22.2 Å². The maximum atomic E-state index is 12.9. The SMILES string of the molecule is CCOC(=O)C1=C(COCCN=[N+]=[N-])NC(C)=C(C(=O)OC)C1c1ccc(Cl)cc1. The lowest BCUT2D eigenvalue weighted by Crippen LogP contribution is -2.34. The standard InChI is InChI=1S/C20H23ClN4O5/c1-4-30-20(27)18-15(11-29-10-9-23-25-22)24-12(2)16(19(26)28-3)17(18)13-5-7-14(21)8-6-13/h5-8,17,24H,4,9-11H2,1-3H3. The number of halogens is 1. The van der Waals surface area contributed by atoms with E-state index in [1.807, 2.05) is 0 Å². The number of hydrogen-bond acceptors (Lipinski definition) is 7. The van der Waals surface area contributed by atoms with E-state index in [1.54, 1.807) is 38.1 Å². The molecule has 0 fully saturated rings. The van der Waals surface area contributed by atoms with E-state index in [0.29, 0.717) is 27.6 Å². The van der Waals surface area contributed by atoms with Crippen LogP contribution in [0.5, 0.6) is 0 Å². The number of hydrogen-bond donors (Lipinski definition) is 1. The minimum atomic E-state index is -0.731. The fourth-order valence-corrected chi connectivity index (χ4v) is 3.28. The maximum absolute atomic E-state index is 12.9. The van der Waals surface area contributed by atoms with Crippen LogP contribution in [0.15, 0.2) is 51.9 Å². The van der Waals surface area contributed by atoms with E-state index in [4.69, 9.17) is 31.3 Å². The van der Waals surface area contributed by atoms with Gasteiger partial charge in [-0.25, -0.2) is 9.59 Å². The summed E-state index contributed by atoms with van der Waals surface area (Å²) in [6.07, 6.45) is 0. The lowest BCUT2D eigenvalue weighted by molar-refractivity contribution is -0.139. The highest BCUT2D eigenvalue weighted by atomic mass is 35.5. The van der Waals surface area contributed by atoms with Crippen molar-refractivity contribution in [2.24, 2.45) is 5.11 Å². The summed E-state index contributed by atoms with van der Waals surface area (Å²) in [7, 11) is 1.28. The van der Waals surface area contributed by atoms with Gasteiger partial charge >= 0.3 is 11.9 Å². The van der Waals surface area contributed by atoms with Crippen molar-refractivity contribution in [1.82, 2.24) is 5.32 Å². The second-order valence-electron chi connectivity index (χ2n) is 6.26. The molecule has 1 aromatic carbocycles. The highest BCUT2D eigenvalue weighted by Crippen LogP contribution is 2.39. The molecule has 1 unspecified atom stereocenters. The molecule has 0 aliphatic carbocycles. The second kappa shape index (κ2) is 11.3. The molecule has 1 atom stereocenters. The molecule has 10 heteroatoms. The third kappa shape index (κ3) is 5.54. The topological polar surface area (TPSA) is 123 Å². The lowest BCUT2D eigenvalue weighted by Gasteiger charge is -2.31. The molecule has 1 aromatic rings. The average Bonchev–Trinajstić information content (AvgIpc) is 2.73. The van der Waals surface area contributed by atoms with Crippen molar-refractivity contribution in [2.75, 3.05) is 33.5 Å². The van der Waals surface area contributed by atoms with Crippen molar-refractivity contribution in [1.29, 1.82) is 0 Å². The molecule has 0 aromatic heterocycles. The van der Waals surface area contributed by atoms with Crippen molar-refractivity contribution in [2.45, 2.75) is 19.8 Å². The molecule has 1 aliphatic rings. The molecule has 1 aliphatic heterocycles. The molecule has 1 heterocycles. The van der Waals surface area contributed by atoms with E-state index in [9.17, 15) is 9.59 Å². The van der Waals surface area contributed by atoms with Crippen LogP contribution in [-0.4, -0.2) is 45.4 Å². The first kappa shape index (κ1) is 23.3. The Kier molecular flexibility index (Phi) is 8.73. The minimum absolute atomic E-state index is 0.0327. The number of carbonyl (C=O) groups excluding carboxylic acids is 2. The molecule has 0 saturated carbocycles. The number of rotatable bonds is 9. The van der Waals surface area contributed by atoms with Crippen LogP contribution in [0.2, 0.25) is 5.02 Å². The normalized spacial score (nSPS) is 15.9. The first-order chi connectivity index (χ1) is 14.4. The Bertz CT molecular complexity index is 904. The number of nitrogens with zero attached hydrogens (tertiary/aromatic N) is 3. The van der Waals surface area contributed by atoms with E-state index >= 15 is 0 Å². The van der Waals surface area contributed by atoms with E-state index in [2.05, 4.69) is 15.3 Å². The van der Waals surface area contributed by atoms with Crippen molar-refractivity contribution >= 4 is 23.5 Å². The summed E-state index contributed by atoms with van der Waals surface area (Å²) in [6.45, 7) is 3.94. The Morgan fingerprint density at radius 1 is 1.23 bits per heavy atom. The highest BCUT2D eigenvalue weighted by molar-refractivity contribution is 6.30. The van der Waals surface area contributed by atoms with Crippen molar-refractivity contribution in [3.63, 3.8) is 0 Å². The number of ether oxygens (including phenoxy) is 3. The Balaban J connectivity index is 2.55. The smallest absolute Gasteiger partial charge is 0.336 e. The summed E-state index contributed by atoms with van der Waals surface area (Å²) in [5.74, 6) is -1.87. The number of dihydropyridines is 1. The molecule has 160 valence electrons. The molecular formula is C20H23ClN4O5. The van der Waals surface area contributed by atoms with Crippen LogP contribution in [0.3, 0.4) is 0 Å². The van der Waals surface area contributed by atoms with Gasteiger partial charge in [0.2, 0.25) is 0 Å². The van der Waals surface area contributed by atoms with Gasteiger partial charge in [0.25, 0.3) is 0 Å². The summed E-state index contributed by atoms with van der Waals surface area (Å²) >= 11 is 6.02. The van der Waals surface area contributed by atoms with E-state index < -0.39 is 17.9 Å². The zero-order valence-electron chi connectivity index (χ0n) is 17.0. The van der Waals surface area contributed by atoms with Crippen LogP contribution < -0.4 is 5.32 Å². The van der Waals surface area contributed by atoms with Gasteiger partial charge in [-0.1, -0.05) is 28.8 Å². The molecule has 2 rings (SSSR count). The molecule has 1 N–H and O–H groups in total. The van der Waals surface area contributed by atoms with E-state index in [-0.39, 0.29) is 31.9 Å². The van der Waals surface area contributed by atoms with Gasteiger partial charge in [-0.2, -0.15) is 0 Å². The van der Waals surface area contributed by atoms with Gasteiger partial charge in [0.1, 0.15) is 0 Å². The minimum Gasteiger partial charge on any atom is -0.466 e. The van der Waals surface area contributed by atoms with Crippen LogP contribution in [-0.2, 0) is 23.8 Å². The Morgan fingerprint density at radius 3 is 2.53 bits per heavy atom. The lowest BCUT2D eigenvalue weighted by atomic mass is 9.80. The molecular weight excluding hydrogens is 412 g/mol. The third-order valence-electron chi connectivity index (χ3n) is 4.39. The molecule has 30 heavy (non-hydrogen) atoms. The van der Waals surface area contributed by atoms with Crippen molar-refractivity contribution in [3.05, 3.63) is 67.8 Å². The van der Waals surface area contributed by atoms with E-state index in [0.717, 1.165) is 0 Å². The summed E-state index contributed by atoms with van der Waals surface area (Å²) in [5.41, 5.74) is 10.6. The number of esters is 2. The molecule has 0 radical (unpaired) electrons. The molecule has 0 spiro atoms. The van der Waals surface area contributed by atoms with Crippen molar-refractivity contribution in [3.8, 4) is 0 Å². The number of carbonyl (C=O) groups is 2. The first-order valence-electron chi connectivity index (χ1n) is 9.24. The Hall–Kier alpha value is -3.00. The van der Waals surface area contributed by atoms with Gasteiger partial charge in [-0.05, 0) is 37.1 Å².